The Morgan fingerprint density at radius 3 is 2.73 bits per heavy atom. The lowest BCUT2D eigenvalue weighted by atomic mass is 9.79. The highest BCUT2D eigenvalue weighted by Crippen LogP contribution is 2.46. The van der Waals surface area contributed by atoms with E-state index in [0.717, 1.165) is 39.6 Å². The highest BCUT2D eigenvalue weighted by atomic mass is 35.5. The van der Waals surface area contributed by atoms with Crippen molar-refractivity contribution in [1.29, 1.82) is 0 Å². The lowest BCUT2D eigenvalue weighted by Crippen LogP contribution is -2.54. The summed E-state index contributed by atoms with van der Waals surface area (Å²) in [5, 5.41) is 16.4. The second kappa shape index (κ2) is 12.8. The minimum absolute atomic E-state index is 0.0891. The average Bonchev–Trinajstić information content (AvgIpc) is 3.42. The molecule has 0 aliphatic carbocycles. The zero-order valence-corrected chi connectivity index (χ0v) is 24.2. The molecule has 2 heterocycles. The van der Waals surface area contributed by atoms with Crippen LogP contribution in [0.1, 0.15) is 40.7 Å². The maximum absolute atomic E-state index is 13.5. The molecule has 3 aromatic carbocycles. The third-order valence-corrected chi connectivity index (χ3v) is 8.99. The Hall–Kier alpha value is -2.78. The summed E-state index contributed by atoms with van der Waals surface area (Å²) in [5.74, 6) is -0.0891. The highest BCUT2D eigenvalue weighted by Gasteiger charge is 2.44. The number of aliphatic hydroxyl groups is 1. The number of carbonyl (C=O) groups excluding carboxylic acids is 1. The summed E-state index contributed by atoms with van der Waals surface area (Å²) in [6.45, 7) is 2.06. The first kappa shape index (κ1) is 28.7. The molecule has 0 spiro atoms. The lowest BCUT2D eigenvalue weighted by Gasteiger charge is -2.43. The van der Waals surface area contributed by atoms with Crippen LogP contribution < -0.4 is 5.73 Å². The molecule has 0 bridgehead atoms. The van der Waals surface area contributed by atoms with Crippen molar-refractivity contribution in [3.63, 3.8) is 0 Å². The first-order chi connectivity index (χ1) is 19.5. The molecule has 1 amide bonds. The molecular formula is C32H35ClN2O4S. The van der Waals surface area contributed by atoms with Gasteiger partial charge in [0.2, 0.25) is 0 Å². The number of nitrogens with zero attached hydrogens (tertiary/aromatic N) is 1. The van der Waals surface area contributed by atoms with Gasteiger partial charge in [0.15, 0.2) is 0 Å². The van der Waals surface area contributed by atoms with Crippen molar-refractivity contribution in [2.75, 3.05) is 33.4 Å². The zero-order chi connectivity index (χ0) is 28.1. The fourth-order valence-corrected chi connectivity index (χ4v) is 6.76. The molecule has 2 atom stereocenters. The van der Waals surface area contributed by atoms with Gasteiger partial charge in [-0.2, -0.15) is 0 Å². The Kier molecular flexibility index (Phi) is 9.20. The molecule has 3 N–H and O–H groups in total. The molecule has 0 saturated carbocycles. The number of hydrogen-bond donors (Lipinski definition) is 2. The van der Waals surface area contributed by atoms with Gasteiger partial charge in [-0.25, -0.2) is 0 Å². The number of carbonyl (C=O) groups is 1. The van der Waals surface area contributed by atoms with E-state index in [1.165, 1.54) is 0 Å². The average molecular weight is 579 g/mol. The summed E-state index contributed by atoms with van der Waals surface area (Å²) in [4.78, 5) is 15.3. The second-order valence-corrected chi connectivity index (χ2v) is 11.5. The number of methoxy groups -OCH3 is 1. The Balaban J connectivity index is 1.53. The Bertz CT molecular complexity index is 1460. The maximum atomic E-state index is 13.5. The van der Waals surface area contributed by atoms with E-state index < -0.39 is 11.7 Å². The van der Waals surface area contributed by atoms with Crippen LogP contribution in [0.3, 0.4) is 0 Å². The maximum Gasteiger partial charge on any atom is 0.254 e. The van der Waals surface area contributed by atoms with Gasteiger partial charge in [0.05, 0.1) is 13.2 Å². The van der Waals surface area contributed by atoms with Crippen LogP contribution in [0.15, 0.2) is 72.1 Å². The van der Waals surface area contributed by atoms with Crippen molar-refractivity contribution in [2.24, 2.45) is 5.73 Å². The van der Waals surface area contributed by atoms with E-state index in [1.807, 2.05) is 54.6 Å². The third kappa shape index (κ3) is 5.81. The number of amides is 1. The largest absolute Gasteiger partial charge is 0.385 e. The summed E-state index contributed by atoms with van der Waals surface area (Å²) in [6.07, 6.45) is 1.30. The van der Waals surface area contributed by atoms with Crippen molar-refractivity contribution in [3.05, 3.63) is 93.8 Å². The highest BCUT2D eigenvalue weighted by molar-refractivity contribution is 7.17. The smallest absolute Gasteiger partial charge is 0.254 e. The molecule has 1 aliphatic rings. The number of hydrogen-bond acceptors (Lipinski definition) is 6. The van der Waals surface area contributed by atoms with Crippen LogP contribution in [0.5, 0.6) is 0 Å². The molecular weight excluding hydrogens is 544 g/mol. The Morgan fingerprint density at radius 2 is 1.95 bits per heavy atom. The number of nitrogens with two attached hydrogens (primary N) is 1. The van der Waals surface area contributed by atoms with Crippen LogP contribution in [0, 0.1) is 0 Å². The molecule has 6 nitrogen and oxygen atoms in total. The Labute approximate surface area is 244 Å². The van der Waals surface area contributed by atoms with Gasteiger partial charge in [-0.15, -0.1) is 11.3 Å². The van der Waals surface area contributed by atoms with Crippen molar-refractivity contribution in [1.82, 2.24) is 4.90 Å². The number of unbranched alkanes of at least 4 members (excludes halogenated alkanes) is 1. The molecule has 5 rings (SSSR count). The van der Waals surface area contributed by atoms with Crippen LogP contribution in [0.25, 0.3) is 21.2 Å². The van der Waals surface area contributed by atoms with Crippen LogP contribution in [0.2, 0.25) is 5.02 Å². The van der Waals surface area contributed by atoms with Gasteiger partial charge in [0.25, 0.3) is 5.91 Å². The Morgan fingerprint density at radius 1 is 1.15 bits per heavy atom. The van der Waals surface area contributed by atoms with Gasteiger partial charge in [0.1, 0.15) is 11.7 Å². The van der Waals surface area contributed by atoms with E-state index in [0.29, 0.717) is 48.9 Å². The quantitative estimate of drug-likeness (QED) is 0.218. The molecule has 1 saturated heterocycles. The number of rotatable bonds is 10. The van der Waals surface area contributed by atoms with Gasteiger partial charge in [-0.05, 0) is 60.0 Å². The normalized spacial score (nSPS) is 17.2. The molecule has 1 aliphatic heterocycles. The minimum atomic E-state index is -1.39. The molecule has 1 aromatic heterocycles. The number of halogens is 1. The first-order valence-corrected chi connectivity index (χ1v) is 14.9. The standard InChI is InChI=1S/C32H35ClN2O4S/c1-38-17-5-4-15-32(37,29-20-35(16-18-39-29)31(36)23-13-11-22(19-34)12-14-23)26-8-6-9-27(33)30(26)25-21-40-28-10-3-2-7-24(25)28/h2-3,6-14,21,29,37H,4-5,15-20,34H2,1H3/t29-,32-/m1/s1. The van der Waals surface area contributed by atoms with Gasteiger partial charge < -0.3 is 25.2 Å². The first-order valence-electron chi connectivity index (χ1n) is 13.6. The van der Waals surface area contributed by atoms with E-state index in [4.69, 9.17) is 26.8 Å². The lowest BCUT2D eigenvalue weighted by molar-refractivity contribution is -0.146. The molecule has 0 radical (unpaired) electrons. The van der Waals surface area contributed by atoms with E-state index in [2.05, 4.69) is 17.5 Å². The minimum Gasteiger partial charge on any atom is -0.385 e. The molecule has 1 fully saturated rings. The molecule has 4 aromatic rings. The van der Waals surface area contributed by atoms with E-state index in [-0.39, 0.29) is 12.5 Å². The number of benzene rings is 3. The van der Waals surface area contributed by atoms with Crippen LogP contribution in [0.4, 0.5) is 0 Å². The molecule has 40 heavy (non-hydrogen) atoms. The topological polar surface area (TPSA) is 85.0 Å². The summed E-state index contributed by atoms with van der Waals surface area (Å²) in [7, 11) is 1.68. The number of morpholine rings is 1. The number of fused-ring (bicyclic) bond motifs is 1. The summed E-state index contributed by atoms with van der Waals surface area (Å²) in [6, 6.07) is 21.3. The third-order valence-electron chi connectivity index (χ3n) is 7.71. The van der Waals surface area contributed by atoms with E-state index in [1.54, 1.807) is 23.3 Å². The van der Waals surface area contributed by atoms with Gasteiger partial charge in [0, 0.05) is 58.6 Å². The number of ether oxygens (including phenoxy) is 2. The SMILES string of the molecule is COCCCC[C@@](O)(c1cccc(Cl)c1-c1csc2ccccc12)[C@H]1CN(C(=O)c2ccc(CN)cc2)CCO1. The van der Waals surface area contributed by atoms with Crippen molar-refractivity contribution < 1.29 is 19.4 Å². The van der Waals surface area contributed by atoms with Crippen molar-refractivity contribution in [3.8, 4) is 11.1 Å². The monoisotopic (exact) mass is 578 g/mol. The summed E-state index contributed by atoms with van der Waals surface area (Å²) < 4.78 is 12.7. The van der Waals surface area contributed by atoms with Gasteiger partial charge in [-0.1, -0.05) is 54.1 Å². The van der Waals surface area contributed by atoms with Crippen LogP contribution in [-0.2, 0) is 21.6 Å². The summed E-state index contributed by atoms with van der Waals surface area (Å²) in [5.41, 5.74) is 8.41. The van der Waals surface area contributed by atoms with E-state index >= 15 is 0 Å². The van der Waals surface area contributed by atoms with Gasteiger partial charge >= 0.3 is 0 Å². The zero-order valence-electron chi connectivity index (χ0n) is 22.6. The fraction of sp³-hybridized carbons (Fsp3) is 0.344. The number of thiophene rings is 1. The predicted octanol–water partition coefficient (Wildman–Crippen LogP) is 6.23. The predicted molar refractivity (Wildman–Crippen MR) is 162 cm³/mol. The van der Waals surface area contributed by atoms with Crippen LogP contribution >= 0.6 is 22.9 Å². The van der Waals surface area contributed by atoms with Crippen molar-refractivity contribution >= 4 is 38.9 Å². The van der Waals surface area contributed by atoms with Gasteiger partial charge in [-0.3, -0.25) is 4.79 Å². The fourth-order valence-electron chi connectivity index (χ4n) is 5.53. The summed E-state index contributed by atoms with van der Waals surface area (Å²) >= 11 is 8.55. The van der Waals surface area contributed by atoms with Crippen LogP contribution in [-0.4, -0.2) is 55.4 Å². The van der Waals surface area contributed by atoms with Crippen molar-refractivity contribution in [2.45, 2.75) is 37.5 Å². The van der Waals surface area contributed by atoms with E-state index in [9.17, 15) is 9.90 Å². The molecule has 0 unspecified atom stereocenters. The second-order valence-electron chi connectivity index (χ2n) is 10.2. The molecule has 8 heteroatoms. The molecule has 210 valence electrons.